The number of anilines is 1. The van der Waals surface area contributed by atoms with Crippen LogP contribution in [-0.4, -0.2) is 53.0 Å². The van der Waals surface area contributed by atoms with E-state index in [0.717, 1.165) is 14.2 Å². The summed E-state index contributed by atoms with van der Waals surface area (Å²) in [5, 5.41) is 2.96. The number of benzene rings is 2. The Hall–Kier alpha value is -2.78. The Morgan fingerprint density at radius 3 is 2.10 bits per heavy atom. The standard InChI is InChI=1S/C22H31N3O5S/c1-7-29-20-14-11-18(15-21(20)30-8-2)16(3)23-22(26)17-9-12-19(13-10-17)25(6)31(27,28)24(4)5/h9-16H,7-8H2,1-6H3,(H,23,26)/t16-/m1/s1. The minimum atomic E-state index is -3.59. The summed E-state index contributed by atoms with van der Waals surface area (Å²) in [6.45, 7) is 6.74. The molecule has 0 aliphatic rings. The number of ether oxygens (including phenoxy) is 2. The average molecular weight is 450 g/mol. The summed E-state index contributed by atoms with van der Waals surface area (Å²) >= 11 is 0. The first-order valence-corrected chi connectivity index (χ1v) is 11.5. The molecular formula is C22H31N3O5S. The van der Waals surface area contributed by atoms with Gasteiger partial charge in [-0.1, -0.05) is 6.07 Å². The van der Waals surface area contributed by atoms with E-state index in [-0.39, 0.29) is 11.9 Å². The molecule has 0 radical (unpaired) electrons. The third-order valence-corrected chi connectivity index (χ3v) is 6.54. The average Bonchev–Trinajstić information content (AvgIpc) is 2.74. The van der Waals surface area contributed by atoms with Crippen molar-refractivity contribution in [3.8, 4) is 11.5 Å². The normalized spacial score (nSPS) is 12.4. The summed E-state index contributed by atoms with van der Waals surface area (Å²) in [5.74, 6) is 1.04. The molecule has 0 heterocycles. The van der Waals surface area contributed by atoms with E-state index in [9.17, 15) is 13.2 Å². The highest BCUT2D eigenvalue weighted by Crippen LogP contribution is 2.31. The van der Waals surface area contributed by atoms with E-state index in [1.807, 2.05) is 39.0 Å². The van der Waals surface area contributed by atoms with Gasteiger partial charge in [0.2, 0.25) is 0 Å². The van der Waals surface area contributed by atoms with Crippen LogP contribution >= 0.6 is 0 Å². The first kappa shape index (κ1) is 24.5. The SMILES string of the molecule is CCOc1ccc([C@@H](C)NC(=O)c2ccc(N(C)S(=O)(=O)N(C)C)cc2)cc1OCC. The van der Waals surface area contributed by atoms with E-state index in [0.29, 0.717) is 36.0 Å². The van der Waals surface area contributed by atoms with Gasteiger partial charge in [0, 0.05) is 26.7 Å². The zero-order valence-corrected chi connectivity index (χ0v) is 19.7. The van der Waals surface area contributed by atoms with Crippen molar-refractivity contribution in [3.05, 3.63) is 53.6 Å². The van der Waals surface area contributed by atoms with Gasteiger partial charge in [-0.2, -0.15) is 12.7 Å². The van der Waals surface area contributed by atoms with E-state index in [2.05, 4.69) is 5.32 Å². The van der Waals surface area contributed by atoms with Crippen LogP contribution in [0.1, 0.15) is 42.7 Å². The highest BCUT2D eigenvalue weighted by atomic mass is 32.2. The lowest BCUT2D eigenvalue weighted by Crippen LogP contribution is -2.37. The van der Waals surface area contributed by atoms with Crippen molar-refractivity contribution < 1.29 is 22.7 Å². The molecule has 0 unspecified atom stereocenters. The molecule has 1 N–H and O–H groups in total. The summed E-state index contributed by atoms with van der Waals surface area (Å²) in [7, 11) is 0.806. The maximum Gasteiger partial charge on any atom is 0.303 e. The quantitative estimate of drug-likeness (QED) is 0.602. The van der Waals surface area contributed by atoms with Crippen LogP contribution in [0.2, 0.25) is 0 Å². The van der Waals surface area contributed by atoms with Gasteiger partial charge in [-0.25, -0.2) is 0 Å². The lowest BCUT2D eigenvalue weighted by molar-refractivity contribution is 0.0940. The Balaban J connectivity index is 2.13. The summed E-state index contributed by atoms with van der Waals surface area (Å²) < 4.78 is 38.0. The van der Waals surface area contributed by atoms with Crippen molar-refractivity contribution in [3.63, 3.8) is 0 Å². The van der Waals surface area contributed by atoms with Crippen LogP contribution in [0.3, 0.4) is 0 Å². The van der Waals surface area contributed by atoms with Gasteiger partial charge in [-0.15, -0.1) is 0 Å². The van der Waals surface area contributed by atoms with E-state index in [4.69, 9.17) is 9.47 Å². The fourth-order valence-corrected chi connectivity index (χ4v) is 3.78. The predicted octanol–water partition coefficient (Wildman–Crippen LogP) is 3.22. The molecule has 2 aromatic rings. The van der Waals surface area contributed by atoms with Gasteiger partial charge in [0.25, 0.3) is 5.91 Å². The zero-order chi connectivity index (χ0) is 23.2. The lowest BCUT2D eigenvalue weighted by Gasteiger charge is -2.23. The minimum Gasteiger partial charge on any atom is -0.490 e. The van der Waals surface area contributed by atoms with Crippen LogP contribution in [0.4, 0.5) is 5.69 Å². The maximum absolute atomic E-state index is 12.7. The Labute approximate surface area is 184 Å². The molecule has 0 bridgehead atoms. The molecule has 170 valence electrons. The first-order chi connectivity index (χ1) is 14.6. The number of hydrogen-bond acceptors (Lipinski definition) is 5. The van der Waals surface area contributed by atoms with Crippen LogP contribution in [0.5, 0.6) is 11.5 Å². The summed E-state index contributed by atoms with van der Waals surface area (Å²) in [6.07, 6.45) is 0. The number of nitrogens with one attached hydrogen (secondary N) is 1. The fourth-order valence-electron chi connectivity index (χ4n) is 2.90. The van der Waals surface area contributed by atoms with Crippen LogP contribution < -0.4 is 19.1 Å². The second-order valence-corrected chi connectivity index (χ2v) is 9.25. The van der Waals surface area contributed by atoms with Crippen LogP contribution in [0.25, 0.3) is 0 Å². The van der Waals surface area contributed by atoms with Crippen molar-refractivity contribution in [2.75, 3.05) is 38.7 Å². The Morgan fingerprint density at radius 1 is 0.968 bits per heavy atom. The first-order valence-electron chi connectivity index (χ1n) is 10.1. The van der Waals surface area contributed by atoms with E-state index in [1.165, 1.54) is 21.1 Å². The molecule has 0 saturated carbocycles. The number of hydrogen-bond donors (Lipinski definition) is 1. The summed E-state index contributed by atoms with van der Waals surface area (Å²) in [5.41, 5.74) is 1.78. The Bertz CT molecular complexity index is 991. The van der Waals surface area contributed by atoms with Crippen LogP contribution in [0.15, 0.2) is 42.5 Å². The van der Waals surface area contributed by atoms with Gasteiger partial charge in [-0.05, 0) is 62.7 Å². The van der Waals surface area contributed by atoms with Gasteiger partial charge in [0.05, 0.1) is 24.9 Å². The number of amides is 1. The minimum absolute atomic E-state index is 0.260. The molecule has 0 saturated heterocycles. The van der Waals surface area contributed by atoms with Crippen molar-refractivity contribution in [2.24, 2.45) is 0 Å². The molecule has 0 aliphatic heterocycles. The third kappa shape index (κ3) is 5.89. The lowest BCUT2D eigenvalue weighted by atomic mass is 10.1. The third-order valence-electron chi connectivity index (χ3n) is 4.72. The molecule has 2 aromatic carbocycles. The van der Waals surface area contributed by atoms with E-state index in [1.54, 1.807) is 24.3 Å². The number of carbonyl (C=O) groups is 1. The highest BCUT2D eigenvalue weighted by Gasteiger charge is 2.21. The monoisotopic (exact) mass is 449 g/mol. The number of rotatable bonds is 10. The van der Waals surface area contributed by atoms with Gasteiger partial charge < -0.3 is 14.8 Å². The molecular weight excluding hydrogens is 418 g/mol. The summed E-state index contributed by atoms with van der Waals surface area (Å²) in [6, 6.07) is 11.7. The van der Waals surface area contributed by atoms with Crippen LogP contribution in [-0.2, 0) is 10.2 Å². The zero-order valence-electron chi connectivity index (χ0n) is 18.9. The molecule has 0 spiro atoms. The Kier molecular flexibility index (Phi) is 8.29. The number of carbonyl (C=O) groups excluding carboxylic acids is 1. The topological polar surface area (TPSA) is 88.2 Å². The van der Waals surface area contributed by atoms with Crippen molar-refractivity contribution in [1.29, 1.82) is 0 Å². The molecule has 1 amide bonds. The summed E-state index contributed by atoms with van der Waals surface area (Å²) in [4.78, 5) is 12.7. The van der Waals surface area contributed by atoms with E-state index >= 15 is 0 Å². The van der Waals surface area contributed by atoms with Gasteiger partial charge >= 0.3 is 10.2 Å². The molecule has 0 fully saturated rings. The molecule has 9 heteroatoms. The molecule has 0 aliphatic carbocycles. The van der Waals surface area contributed by atoms with Gasteiger partial charge in [0.15, 0.2) is 11.5 Å². The van der Waals surface area contributed by atoms with E-state index < -0.39 is 10.2 Å². The second-order valence-electron chi connectivity index (χ2n) is 7.07. The maximum atomic E-state index is 12.7. The fraction of sp³-hybridized carbons (Fsp3) is 0.409. The molecule has 0 aromatic heterocycles. The number of nitrogens with zero attached hydrogens (tertiary/aromatic N) is 2. The highest BCUT2D eigenvalue weighted by molar-refractivity contribution is 7.90. The van der Waals surface area contributed by atoms with Crippen molar-refractivity contribution in [1.82, 2.24) is 9.62 Å². The molecule has 2 rings (SSSR count). The van der Waals surface area contributed by atoms with Crippen LogP contribution in [0, 0.1) is 0 Å². The molecule has 1 atom stereocenters. The van der Waals surface area contributed by atoms with Gasteiger partial charge in [-0.3, -0.25) is 9.10 Å². The second kappa shape index (κ2) is 10.5. The van der Waals surface area contributed by atoms with Gasteiger partial charge in [0.1, 0.15) is 0 Å². The van der Waals surface area contributed by atoms with Crippen molar-refractivity contribution >= 4 is 21.8 Å². The largest absolute Gasteiger partial charge is 0.490 e. The van der Waals surface area contributed by atoms with Crippen molar-refractivity contribution in [2.45, 2.75) is 26.8 Å². The molecule has 31 heavy (non-hydrogen) atoms. The predicted molar refractivity (Wildman–Crippen MR) is 122 cm³/mol. The Morgan fingerprint density at radius 2 is 1.55 bits per heavy atom. The molecule has 8 nitrogen and oxygen atoms in total. The smallest absolute Gasteiger partial charge is 0.303 e.